The lowest BCUT2D eigenvalue weighted by Crippen LogP contribution is -2.26. The van der Waals surface area contributed by atoms with Gasteiger partial charge in [0.25, 0.3) is 0 Å². The Labute approximate surface area is 110 Å². The third-order valence-electron chi connectivity index (χ3n) is 3.52. The quantitative estimate of drug-likeness (QED) is 0.910. The minimum atomic E-state index is -0.796. The van der Waals surface area contributed by atoms with Crippen LogP contribution in [0.1, 0.15) is 36.1 Å². The van der Waals surface area contributed by atoms with Gasteiger partial charge in [-0.3, -0.25) is 0 Å². The Morgan fingerprint density at radius 3 is 2.84 bits per heavy atom. The largest absolute Gasteiger partial charge is 0.480 e. The molecule has 5 heteroatoms. The van der Waals surface area contributed by atoms with E-state index in [-0.39, 0.29) is 0 Å². The van der Waals surface area contributed by atoms with E-state index in [4.69, 9.17) is 0 Å². The van der Waals surface area contributed by atoms with Crippen LogP contribution in [-0.2, 0) is 17.6 Å². The number of nitrogens with zero attached hydrogens (tertiary/aromatic N) is 3. The standard InChI is InChI=1S/C14H15N3O2/c18-14(19)11-7-4-8-12-15-16-13(17(11)12)9-10-5-2-1-3-6-10/h1-3,5-6,11H,4,7-9H2,(H,18,19). The van der Waals surface area contributed by atoms with Crippen molar-refractivity contribution in [2.75, 3.05) is 0 Å². The molecule has 0 saturated heterocycles. The summed E-state index contributed by atoms with van der Waals surface area (Å²) in [5, 5.41) is 17.6. The van der Waals surface area contributed by atoms with Crippen molar-refractivity contribution in [1.29, 1.82) is 0 Å². The number of rotatable bonds is 3. The molecular weight excluding hydrogens is 242 g/mol. The first-order valence-electron chi connectivity index (χ1n) is 6.45. The molecule has 98 valence electrons. The minimum Gasteiger partial charge on any atom is -0.480 e. The summed E-state index contributed by atoms with van der Waals surface area (Å²) in [5.74, 6) is 0.743. The van der Waals surface area contributed by atoms with Crippen molar-refractivity contribution in [3.8, 4) is 0 Å². The second-order valence-corrected chi connectivity index (χ2v) is 4.81. The zero-order chi connectivity index (χ0) is 13.2. The maximum atomic E-state index is 11.3. The second kappa shape index (κ2) is 4.84. The van der Waals surface area contributed by atoms with Gasteiger partial charge in [-0.05, 0) is 18.4 Å². The predicted molar refractivity (Wildman–Crippen MR) is 68.9 cm³/mol. The summed E-state index contributed by atoms with van der Waals surface area (Å²) in [4.78, 5) is 11.3. The maximum Gasteiger partial charge on any atom is 0.326 e. The number of aliphatic carboxylic acids is 1. The van der Waals surface area contributed by atoms with E-state index >= 15 is 0 Å². The summed E-state index contributed by atoms with van der Waals surface area (Å²) in [6.07, 6.45) is 2.95. The zero-order valence-electron chi connectivity index (χ0n) is 10.5. The molecule has 1 aliphatic rings. The molecule has 2 heterocycles. The van der Waals surface area contributed by atoms with Crippen molar-refractivity contribution < 1.29 is 9.90 Å². The van der Waals surface area contributed by atoms with Crippen LogP contribution in [0.3, 0.4) is 0 Å². The van der Waals surface area contributed by atoms with Gasteiger partial charge in [-0.1, -0.05) is 30.3 Å². The topological polar surface area (TPSA) is 68.0 Å². The van der Waals surface area contributed by atoms with Crippen LogP contribution in [0.25, 0.3) is 0 Å². The summed E-state index contributed by atoms with van der Waals surface area (Å²) in [6, 6.07) is 9.41. The lowest BCUT2D eigenvalue weighted by molar-refractivity contribution is -0.141. The molecule has 1 N–H and O–H groups in total. The number of carboxylic acid groups (broad SMARTS) is 1. The van der Waals surface area contributed by atoms with Gasteiger partial charge in [0.1, 0.15) is 17.7 Å². The highest BCUT2D eigenvalue weighted by molar-refractivity contribution is 5.72. The number of carboxylic acids is 1. The molecule has 0 radical (unpaired) electrons. The summed E-state index contributed by atoms with van der Waals surface area (Å²) in [5.41, 5.74) is 1.12. The van der Waals surface area contributed by atoms with Gasteiger partial charge in [-0.2, -0.15) is 0 Å². The zero-order valence-corrected chi connectivity index (χ0v) is 10.5. The van der Waals surface area contributed by atoms with Crippen LogP contribution in [0.5, 0.6) is 0 Å². The first-order chi connectivity index (χ1) is 9.25. The maximum absolute atomic E-state index is 11.3. The van der Waals surface area contributed by atoms with Crippen molar-refractivity contribution in [3.63, 3.8) is 0 Å². The van der Waals surface area contributed by atoms with E-state index in [0.29, 0.717) is 12.8 Å². The summed E-state index contributed by atoms with van der Waals surface area (Å²) < 4.78 is 1.80. The Morgan fingerprint density at radius 1 is 1.32 bits per heavy atom. The summed E-state index contributed by atoms with van der Waals surface area (Å²) in [7, 11) is 0. The lowest BCUT2D eigenvalue weighted by Gasteiger charge is -2.22. The molecule has 0 saturated carbocycles. The highest BCUT2D eigenvalue weighted by Crippen LogP contribution is 2.26. The highest BCUT2D eigenvalue weighted by Gasteiger charge is 2.29. The van der Waals surface area contributed by atoms with E-state index in [9.17, 15) is 9.90 Å². The molecule has 1 aliphatic heterocycles. The first-order valence-corrected chi connectivity index (χ1v) is 6.45. The van der Waals surface area contributed by atoms with Crippen molar-refractivity contribution in [2.24, 2.45) is 0 Å². The minimum absolute atomic E-state index is 0.516. The number of carbonyl (C=O) groups is 1. The molecule has 1 aromatic carbocycles. The average molecular weight is 257 g/mol. The summed E-state index contributed by atoms with van der Waals surface area (Å²) >= 11 is 0. The Kier molecular flexibility index (Phi) is 3.03. The molecule has 2 aromatic rings. The molecule has 0 spiro atoms. The number of benzene rings is 1. The number of hydrogen-bond donors (Lipinski definition) is 1. The predicted octanol–water partition coefficient (Wildman–Crippen LogP) is 1.83. The van der Waals surface area contributed by atoms with Gasteiger partial charge in [0, 0.05) is 12.8 Å². The van der Waals surface area contributed by atoms with Gasteiger partial charge in [0.2, 0.25) is 0 Å². The van der Waals surface area contributed by atoms with Crippen molar-refractivity contribution in [2.45, 2.75) is 31.7 Å². The SMILES string of the molecule is O=C(O)C1CCCc2nnc(Cc3ccccc3)n21. The molecule has 19 heavy (non-hydrogen) atoms. The Morgan fingerprint density at radius 2 is 2.11 bits per heavy atom. The van der Waals surface area contributed by atoms with E-state index in [1.54, 1.807) is 4.57 Å². The number of aryl methyl sites for hydroxylation is 1. The normalized spacial score (nSPS) is 18.0. The third kappa shape index (κ3) is 2.23. The van der Waals surface area contributed by atoms with E-state index in [2.05, 4.69) is 10.2 Å². The molecule has 0 amide bonds. The fraction of sp³-hybridized carbons (Fsp3) is 0.357. The fourth-order valence-electron chi connectivity index (χ4n) is 2.61. The molecule has 3 rings (SSSR count). The van der Waals surface area contributed by atoms with Crippen LogP contribution in [0.4, 0.5) is 0 Å². The van der Waals surface area contributed by atoms with Crippen LogP contribution in [0.2, 0.25) is 0 Å². The van der Waals surface area contributed by atoms with Gasteiger partial charge < -0.3 is 9.67 Å². The van der Waals surface area contributed by atoms with Gasteiger partial charge in [0.15, 0.2) is 0 Å². The number of aromatic nitrogens is 3. The molecule has 1 atom stereocenters. The van der Waals surface area contributed by atoms with E-state index in [1.165, 1.54) is 0 Å². The van der Waals surface area contributed by atoms with Crippen LogP contribution in [0.15, 0.2) is 30.3 Å². The van der Waals surface area contributed by atoms with E-state index in [0.717, 1.165) is 30.1 Å². The molecule has 1 unspecified atom stereocenters. The van der Waals surface area contributed by atoms with Crippen LogP contribution in [0, 0.1) is 0 Å². The second-order valence-electron chi connectivity index (χ2n) is 4.81. The monoisotopic (exact) mass is 257 g/mol. The van der Waals surface area contributed by atoms with Gasteiger partial charge >= 0.3 is 5.97 Å². The number of fused-ring (bicyclic) bond motifs is 1. The molecule has 5 nitrogen and oxygen atoms in total. The molecule has 0 fully saturated rings. The first kappa shape index (κ1) is 11.9. The van der Waals surface area contributed by atoms with Crippen molar-refractivity contribution >= 4 is 5.97 Å². The molecular formula is C14H15N3O2. The number of hydrogen-bond acceptors (Lipinski definition) is 3. The van der Waals surface area contributed by atoms with Gasteiger partial charge in [-0.15, -0.1) is 10.2 Å². The smallest absolute Gasteiger partial charge is 0.326 e. The third-order valence-corrected chi connectivity index (χ3v) is 3.52. The highest BCUT2D eigenvalue weighted by atomic mass is 16.4. The van der Waals surface area contributed by atoms with Crippen molar-refractivity contribution in [1.82, 2.24) is 14.8 Å². The van der Waals surface area contributed by atoms with Crippen LogP contribution in [-0.4, -0.2) is 25.8 Å². The van der Waals surface area contributed by atoms with Gasteiger partial charge in [-0.25, -0.2) is 4.79 Å². The molecule has 0 bridgehead atoms. The van der Waals surface area contributed by atoms with Gasteiger partial charge in [0.05, 0.1) is 0 Å². The summed E-state index contributed by atoms with van der Waals surface area (Å²) in [6.45, 7) is 0. The Hall–Kier alpha value is -2.17. The lowest BCUT2D eigenvalue weighted by atomic mass is 10.0. The van der Waals surface area contributed by atoms with E-state index < -0.39 is 12.0 Å². The Balaban J connectivity index is 1.95. The molecule has 1 aromatic heterocycles. The average Bonchev–Trinajstić information content (AvgIpc) is 2.83. The van der Waals surface area contributed by atoms with Crippen molar-refractivity contribution in [3.05, 3.63) is 47.5 Å². The fourth-order valence-corrected chi connectivity index (χ4v) is 2.61. The van der Waals surface area contributed by atoms with Crippen LogP contribution >= 0.6 is 0 Å². The Bertz CT molecular complexity index is 592. The van der Waals surface area contributed by atoms with E-state index in [1.807, 2.05) is 30.3 Å². The van der Waals surface area contributed by atoms with Crippen LogP contribution < -0.4 is 0 Å². The molecule has 0 aliphatic carbocycles.